The minimum atomic E-state index is -0.556. The van der Waals surface area contributed by atoms with Crippen LogP contribution in [0.5, 0.6) is 0 Å². The minimum absolute atomic E-state index is 0.556. The van der Waals surface area contributed by atoms with E-state index in [9.17, 15) is 0 Å². The number of rotatable bonds is 0. The summed E-state index contributed by atoms with van der Waals surface area (Å²) in [7, 11) is 9.78. The Morgan fingerprint density at radius 2 is 1.46 bits per heavy atom. The second-order valence-corrected chi connectivity index (χ2v) is 5.06. The van der Waals surface area contributed by atoms with Gasteiger partial charge in [0.1, 0.15) is 0 Å². The van der Waals surface area contributed by atoms with Crippen molar-refractivity contribution in [2.45, 2.75) is 19.3 Å². The second kappa shape index (κ2) is 12.7. The van der Waals surface area contributed by atoms with Crippen LogP contribution >= 0.6 is 18.6 Å². The van der Waals surface area contributed by atoms with Crippen LogP contribution in [0.3, 0.4) is 0 Å². The van der Waals surface area contributed by atoms with Crippen molar-refractivity contribution < 1.29 is 21.8 Å². The summed E-state index contributed by atoms with van der Waals surface area (Å²) in [5.41, 5.74) is 0. The molecule has 0 atom stereocenters. The first-order chi connectivity index (χ1) is 6.41. The molecular formula is C9H14Cl2OTi. The van der Waals surface area contributed by atoms with Gasteiger partial charge >= 0.3 is 35.6 Å². The Labute approximate surface area is 96.8 Å². The predicted molar refractivity (Wildman–Crippen MR) is 54.7 cm³/mol. The van der Waals surface area contributed by atoms with Gasteiger partial charge in [-0.25, -0.2) is 0 Å². The normalized spacial score (nSPS) is 17.1. The van der Waals surface area contributed by atoms with E-state index in [0.29, 0.717) is 0 Å². The second-order valence-electron chi connectivity index (χ2n) is 2.48. The molecule has 0 unspecified atom stereocenters. The van der Waals surface area contributed by atoms with E-state index in [1.165, 1.54) is 12.8 Å². The van der Waals surface area contributed by atoms with E-state index in [2.05, 4.69) is 24.3 Å². The van der Waals surface area contributed by atoms with Gasteiger partial charge in [0.05, 0.1) is 0 Å². The van der Waals surface area contributed by atoms with Crippen molar-refractivity contribution in [1.29, 1.82) is 0 Å². The van der Waals surface area contributed by atoms with Crippen molar-refractivity contribution in [2.75, 3.05) is 13.2 Å². The third-order valence-corrected chi connectivity index (χ3v) is 1.48. The Hall–Kier alpha value is 0.734. The summed E-state index contributed by atoms with van der Waals surface area (Å²) in [5, 5.41) is 0. The van der Waals surface area contributed by atoms with Crippen LogP contribution in [0, 0.1) is 0 Å². The summed E-state index contributed by atoms with van der Waals surface area (Å²) in [5.74, 6) is 0. The number of ether oxygens (including phenoxy) is 1. The van der Waals surface area contributed by atoms with Gasteiger partial charge in [-0.2, -0.15) is 0 Å². The molecular weight excluding hydrogens is 243 g/mol. The number of allylic oxidation sites excluding steroid dienone is 4. The molecule has 0 aromatic rings. The molecule has 1 fully saturated rings. The van der Waals surface area contributed by atoms with E-state index in [1.54, 1.807) is 0 Å². The van der Waals surface area contributed by atoms with Gasteiger partial charge < -0.3 is 4.74 Å². The fourth-order valence-corrected chi connectivity index (χ4v) is 0.903. The van der Waals surface area contributed by atoms with Crippen molar-refractivity contribution in [3.05, 3.63) is 24.3 Å². The van der Waals surface area contributed by atoms with Crippen LogP contribution in [0.4, 0.5) is 0 Å². The zero-order valence-corrected chi connectivity index (χ0v) is 10.6. The summed E-state index contributed by atoms with van der Waals surface area (Å²) in [6.07, 6.45) is 12.1. The molecule has 13 heavy (non-hydrogen) atoms. The fraction of sp³-hybridized carbons (Fsp3) is 0.556. The quantitative estimate of drug-likeness (QED) is 0.601. The maximum atomic E-state index is 4.94. The first-order valence-corrected chi connectivity index (χ1v) is 8.57. The molecule has 0 aromatic heterocycles. The van der Waals surface area contributed by atoms with Gasteiger partial charge in [-0.3, -0.25) is 0 Å². The van der Waals surface area contributed by atoms with Gasteiger partial charge in [-0.15, -0.1) is 0 Å². The van der Waals surface area contributed by atoms with E-state index in [-0.39, 0.29) is 0 Å². The Morgan fingerprint density at radius 1 is 1.00 bits per heavy atom. The van der Waals surface area contributed by atoms with Gasteiger partial charge in [0.15, 0.2) is 0 Å². The molecule has 4 heteroatoms. The molecule has 74 valence electrons. The first kappa shape index (κ1) is 13.7. The number of hydrogen-bond acceptors (Lipinski definition) is 1. The summed E-state index contributed by atoms with van der Waals surface area (Å²) in [6, 6.07) is 0. The third kappa shape index (κ3) is 12.7. The molecule has 0 N–H and O–H groups in total. The fourth-order valence-electron chi connectivity index (χ4n) is 0.903. The van der Waals surface area contributed by atoms with Crippen LogP contribution in [0.15, 0.2) is 24.3 Å². The average molecular weight is 257 g/mol. The molecule has 1 saturated heterocycles. The van der Waals surface area contributed by atoms with Gasteiger partial charge in [-0.05, 0) is 19.3 Å². The average Bonchev–Trinajstić information content (AvgIpc) is 2.85. The van der Waals surface area contributed by atoms with Crippen molar-refractivity contribution in [2.24, 2.45) is 0 Å². The summed E-state index contributed by atoms with van der Waals surface area (Å²) in [6.45, 7) is 2.00. The van der Waals surface area contributed by atoms with E-state index in [4.69, 9.17) is 23.3 Å². The topological polar surface area (TPSA) is 9.23 Å². The van der Waals surface area contributed by atoms with E-state index < -0.39 is 17.0 Å². The van der Waals surface area contributed by atoms with Crippen LogP contribution in [-0.2, 0) is 21.8 Å². The summed E-state index contributed by atoms with van der Waals surface area (Å²) in [4.78, 5) is 0. The zero-order valence-electron chi connectivity index (χ0n) is 7.51. The Balaban J connectivity index is 0.000000174. The van der Waals surface area contributed by atoms with Crippen LogP contribution in [-0.4, -0.2) is 13.2 Å². The molecule has 2 rings (SSSR count). The van der Waals surface area contributed by atoms with Gasteiger partial charge in [0.2, 0.25) is 0 Å². The molecule has 0 radical (unpaired) electrons. The molecule has 2 aliphatic rings. The maximum absolute atomic E-state index is 4.94. The van der Waals surface area contributed by atoms with Crippen molar-refractivity contribution in [3.63, 3.8) is 0 Å². The number of halogens is 2. The van der Waals surface area contributed by atoms with Crippen LogP contribution < -0.4 is 0 Å². The van der Waals surface area contributed by atoms with E-state index >= 15 is 0 Å². The van der Waals surface area contributed by atoms with Crippen LogP contribution in [0.25, 0.3) is 0 Å². The molecule has 0 bridgehead atoms. The molecule has 1 heterocycles. The molecule has 0 saturated carbocycles. The summed E-state index contributed by atoms with van der Waals surface area (Å²) >= 11 is -0.556. The van der Waals surface area contributed by atoms with Gasteiger partial charge in [0.25, 0.3) is 0 Å². The molecule has 0 amide bonds. The standard InChI is InChI=1S/C5H6.C4H8O.2ClH.Ti/c2*1-2-4-5-3-1;;;/h1-4H,5H2;1-4H2;2*1H;/q;;;;+2/p-2. The Morgan fingerprint density at radius 3 is 1.62 bits per heavy atom. The Kier molecular flexibility index (Phi) is 13.5. The van der Waals surface area contributed by atoms with E-state index in [1.807, 2.05) is 0 Å². The number of hydrogen-bond donors (Lipinski definition) is 0. The molecule has 0 aromatic carbocycles. The third-order valence-electron chi connectivity index (χ3n) is 1.48. The molecule has 0 spiro atoms. The monoisotopic (exact) mass is 256 g/mol. The molecule has 1 aliphatic carbocycles. The first-order valence-electron chi connectivity index (χ1n) is 4.27. The van der Waals surface area contributed by atoms with Crippen molar-refractivity contribution in [3.8, 4) is 0 Å². The predicted octanol–water partition coefficient (Wildman–Crippen LogP) is 3.68. The SMILES string of the molecule is C1=CCC=C1.C1CCOC1.[Cl][Ti][Cl]. The van der Waals surface area contributed by atoms with Gasteiger partial charge in [-0.1, -0.05) is 24.3 Å². The van der Waals surface area contributed by atoms with Crippen molar-refractivity contribution in [1.82, 2.24) is 0 Å². The van der Waals surface area contributed by atoms with Crippen LogP contribution in [0.1, 0.15) is 19.3 Å². The van der Waals surface area contributed by atoms with E-state index in [0.717, 1.165) is 19.6 Å². The summed E-state index contributed by atoms with van der Waals surface area (Å²) < 4.78 is 4.94. The molecule has 1 nitrogen and oxygen atoms in total. The zero-order chi connectivity index (χ0) is 9.78. The molecule has 1 aliphatic heterocycles. The van der Waals surface area contributed by atoms with Crippen LogP contribution in [0.2, 0.25) is 0 Å². The van der Waals surface area contributed by atoms with Gasteiger partial charge in [0, 0.05) is 13.2 Å². The Bertz CT molecular complexity index is 127. The van der Waals surface area contributed by atoms with Crippen molar-refractivity contribution >= 4 is 18.6 Å².